The molecule has 2 aromatic rings. The molecule has 2 aromatic carbocycles. The van der Waals surface area contributed by atoms with Crippen LogP contribution < -0.4 is 15.6 Å². The van der Waals surface area contributed by atoms with Crippen LogP contribution in [0.25, 0.3) is 0 Å². The SMILES string of the molecule is O=C(CCc1cccc(Cl)c1)NNC(=O)COc1ccc(Br)cc1. The Balaban J connectivity index is 1.65. The molecule has 0 aromatic heterocycles. The van der Waals surface area contributed by atoms with Gasteiger partial charge in [0.05, 0.1) is 0 Å². The number of aryl methyl sites for hydroxylation is 1. The van der Waals surface area contributed by atoms with Crippen LogP contribution in [-0.2, 0) is 16.0 Å². The molecule has 2 rings (SSSR count). The van der Waals surface area contributed by atoms with E-state index in [2.05, 4.69) is 26.8 Å². The lowest BCUT2D eigenvalue weighted by Gasteiger charge is -2.09. The van der Waals surface area contributed by atoms with Gasteiger partial charge in [0.25, 0.3) is 5.91 Å². The van der Waals surface area contributed by atoms with Crippen molar-refractivity contribution in [2.45, 2.75) is 12.8 Å². The lowest BCUT2D eigenvalue weighted by molar-refractivity contribution is -0.130. The molecule has 0 aliphatic heterocycles. The molecule has 7 heteroatoms. The van der Waals surface area contributed by atoms with Gasteiger partial charge in [0.2, 0.25) is 5.91 Å². The van der Waals surface area contributed by atoms with Crippen molar-refractivity contribution in [2.24, 2.45) is 0 Å². The van der Waals surface area contributed by atoms with Crippen LogP contribution in [0, 0.1) is 0 Å². The molecule has 5 nitrogen and oxygen atoms in total. The fourth-order valence-electron chi connectivity index (χ4n) is 1.87. The maximum absolute atomic E-state index is 11.7. The predicted molar refractivity (Wildman–Crippen MR) is 95.7 cm³/mol. The lowest BCUT2D eigenvalue weighted by atomic mass is 10.1. The number of benzene rings is 2. The Labute approximate surface area is 153 Å². The standard InChI is InChI=1S/C17H16BrClN2O3/c18-13-5-7-15(8-6-13)24-11-17(23)21-20-16(22)9-4-12-2-1-3-14(19)10-12/h1-3,5-8,10H,4,9,11H2,(H,20,22)(H,21,23). The smallest absolute Gasteiger partial charge is 0.276 e. The molecule has 0 saturated heterocycles. The zero-order valence-electron chi connectivity index (χ0n) is 12.7. The molecule has 0 unspecified atom stereocenters. The van der Waals surface area contributed by atoms with Crippen LogP contribution >= 0.6 is 27.5 Å². The number of carbonyl (C=O) groups is 2. The molecular weight excluding hydrogens is 396 g/mol. The van der Waals surface area contributed by atoms with Crippen LogP contribution in [0.2, 0.25) is 5.02 Å². The summed E-state index contributed by atoms with van der Waals surface area (Å²) >= 11 is 9.19. The molecule has 0 heterocycles. The van der Waals surface area contributed by atoms with Gasteiger partial charge in [-0.25, -0.2) is 0 Å². The van der Waals surface area contributed by atoms with Crippen LogP contribution in [0.1, 0.15) is 12.0 Å². The molecule has 0 aliphatic carbocycles. The molecule has 0 spiro atoms. The highest BCUT2D eigenvalue weighted by molar-refractivity contribution is 9.10. The van der Waals surface area contributed by atoms with Crippen molar-refractivity contribution in [1.29, 1.82) is 0 Å². The molecular formula is C17H16BrClN2O3. The van der Waals surface area contributed by atoms with E-state index < -0.39 is 5.91 Å². The van der Waals surface area contributed by atoms with Gasteiger partial charge in [-0.05, 0) is 48.4 Å². The third-order valence-electron chi connectivity index (χ3n) is 3.05. The van der Waals surface area contributed by atoms with Gasteiger partial charge in [0.1, 0.15) is 5.75 Å². The van der Waals surface area contributed by atoms with E-state index in [0.29, 0.717) is 17.2 Å². The molecule has 0 aliphatic rings. The summed E-state index contributed by atoms with van der Waals surface area (Å²) in [5.74, 6) is -0.151. The number of carbonyl (C=O) groups excluding carboxylic acids is 2. The highest BCUT2D eigenvalue weighted by Crippen LogP contribution is 2.15. The minimum atomic E-state index is -0.436. The molecule has 0 saturated carbocycles. The van der Waals surface area contributed by atoms with Crippen LogP contribution in [0.15, 0.2) is 53.0 Å². The van der Waals surface area contributed by atoms with Gasteiger partial charge in [-0.15, -0.1) is 0 Å². The predicted octanol–water partition coefficient (Wildman–Crippen LogP) is 3.26. The Kier molecular flexibility index (Phi) is 7.08. The Bertz CT molecular complexity index is 707. The molecule has 0 bridgehead atoms. The normalized spacial score (nSPS) is 10.1. The average molecular weight is 412 g/mol. The molecule has 2 amide bonds. The van der Waals surface area contributed by atoms with Crippen molar-refractivity contribution >= 4 is 39.3 Å². The van der Waals surface area contributed by atoms with Crippen LogP contribution in [-0.4, -0.2) is 18.4 Å². The summed E-state index contributed by atoms with van der Waals surface area (Å²) in [6.45, 7) is -0.184. The van der Waals surface area contributed by atoms with Crippen molar-refractivity contribution < 1.29 is 14.3 Å². The van der Waals surface area contributed by atoms with E-state index in [4.69, 9.17) is 16.3 Å². The van der Waals surface area contributed by atoms with E-state index in [1.165, 1.54) is 0 Å². The summed E-state index contributed by atoms with van der Waals surface area (Å²) in [6.07, 6.45) is 0.784. The Hall–Kier alpha value is -2.05. The second-order valence-corrected chi connectivity index (χ2v) is 6.32. The van der Waals surface area contributed by atoms with Crippen LogP contribution in [0.4, 0.5) is 0 Å². The van der Waals surface area contributed by atoms with Gasteiger partial charge < -0.3 is 4.74 Å². The van der Waals surface area contributed by atoms with E-state index in [1.54, 1.807) is 24.3 Å². The minimum absolute atomic E-state index is 0.184. The van der Waals surface area contributed by atoms with E-state index in [-0.39, 0.29) is 18.9 Å². The number of ether oxygens (including phenoxy) is 1. The van der Waals surface area contributed by atoms with E-state index >= 15 is 0 Å². The number of amides is 2. The Morgan fingerprint density at radius 3 is 2.46 bits per heavy atom. The van der Waals surface area contributed by atoms with Gasteiger partial charge in [0.15, 0.2) is 6.61 Å². The lowest BCUT2D eigenvalue weighted by Crippen LogP contribution is -2.43. The monoisotopic (exact) mass is 410 g/mol. The molecule has 126 valence electrons. The first-order valence-corrected chi connectivity index (χ1v) is 8.40. The molecule has 24 heavy (non-hydrogen) atoms. The van der Waals surface area contributed by atoms with Crippen molar-refractivity contribution in [3.05, 3.63) is 63.6 Å². The quantitative estimate of drug-likeness (QED) is 0.717. The number of hydrogen-bond donors (Lipinski definition) is 2. The largest absolute Gasteiger partial charge is 0.484 e. The Morgan fingerprint density at radius 2 is 1.75 bits per heavy atom. The van der Waals surface area contributed by atoms with E-state index in [1.807, 2.05) is 24.3 Å². The van der Waals surface area contributed by atoms with E-state index in [9.17, 15) is 9.59 Å². The summed E-state index contributed by atoms with van der Waals surface area (Å²) in [6, 6.07) is 14.4. The topological polar surface area (TPSA) is 67.4 Å². The molecule has 0 fully saturated rings. The van der Waals surface area contributed by atoms with Crippen LogP contribution in [0.3, 0.4) is 0 Å². The van der Waals surface area contributed by atoms with Crippen molar-refractivity contribution in [2.75, 3.05) is 6.61 Å². The molecule has 2 N–H and O–H groups in total. The first-order valence-electron chi connectivity index (χ1n) is 7.23. The summed E-state index contributed by atoms with van der Waals surface area (Å²) in [4.78, 5) is 23.3. The Morgan fingerprint density at radius 1 is 1.04 bits per heavy atom. The van der Waals surface area contributed by atoms with Crippen molar-refractivity contribution in [3.63, 3.8) is 0 Å². The number of hydrogen-bond acceptors (Lipinski definition) is 3. The third kappa shape index (κ3) is 6.60. The first kappa shape index (κ1) is 18.3. The summed E-state index contributed by atoms with van der Waals surface area (Å²) < 4.78 is 6.22. The highest BCUT2D eigenvalue weighted by atomic mass is 79.9. The van der Waals surface area contributed by atoms with Gasteiger partial charge >= 0.3 is 0 Å². The minimum Gasteiger partial charge on any atom is -0.484 e. The maximum Gasteiger partial charge on any atom is 0.276 e. The summed E-state index contributed by atoms with van der Waals surface area (Å²) in [7, 11) is 0. The van der Waals surface area contributed by atoms with Crippen molar-refractivity contribution in [3.8, 4) is 5.75 Å². The second-order valence-electron chi connectivity index (χ2n) is 4.97. The zero-order chi connectivity index (χ0) is 17.4. The van der Waals surface area contributed by atoms with Gasteiger partial charge in [-0.3, -0.25) is 20.4 Å². The first-order chi connectivity index (χ1) is 11.5. The summed E-state index contributed by atoms with van der Waals surface area (Å²) in [5.41, 5.74) is 5.63. The fraction of sp³-hybridized carbons (Fsp3) is 0.176. The highest BCUT2D eigenvalue weighted by Gasteiger charge is 2.06. The van der Waals surface area contributed by atoms with Gasteiger partial charge in [0, 0.05) is 15.9 Å². The van der Waals surface area contributed by atoms with Crippen molar-refractivity contribution in [1.82, 2.24) is 10.9 Å². The number of nitrogens with one attached hydrogen (secondary N) is 2. The third-order valence-corrected chi connectivity index (χ3v) is 3.82. The second kappa shape index (κ2) is 9.30. The number of rotatable bonds is 6. The molecule has 0 atom stereocenters. The van der Waals surface area contributed by atoms with E-state index in [0.717, 1.165) is 10.0 Å². The average Bonchev–Trinajstić information content (AvgIpc) is 2.57. The van der Waals surface area contributed by atoms with Gasteiger partial charge in [-0.2, -0.15) is 0 Å². The number of halogens is 2. The number of hydrazine groups is 1. The van der Waals surface area contributed by atoms with Gasteiger partial charge in [-0.1, -0.05) is 39.7 Å². The summed E-state index contributed by atoms with van der Waals surface area (Å²) in [5, 5.41) is 0.631. The van der Waals surface area contributed by atoms with Crippen LogP contribution in [0.5, 0.6) is 5.75 Å². The maximum atomic E-state index is 11.7. The fourth-order valence-corrected chi connectivity index (χ4v) is 2.35. The molecule has 0 radical (unpaired) electrons. The zero-order valence-corrected chi connectivity index (χ0v) is 15.1.